The van der Waals surface area contributed by atoms with Gasteiger partial charge < -0.3 is 9.84 Å². The summed E-state index contributed by atoms with van der Waals surface area (Å²) in [5.74, 6) is -1.31. The van der Waals surface area contributed by atoms with Crippen molar-refractivity contribution in [2.45, 2.75) is 19.9 Å². The topological polar surface area (TPSA) is 97.0 Å². The van der Waals surface area contributed by atoms with Crippen LogP contribution >= 0.6 is 11.3 Å². The van der Waals surface area contributed by atoms with Crippen LogP contribution in [0.15, 0.2) is 85.1 Å². The van der Waals surface area contributed by atoms with Crippen molar-refractivity contribution in [3.8, 4) is 5.75 Å². The highest BCUT2D eigenvalue weighted by Gasteiger charge is 2.48. The van der Waals surface area contributed by atoms with Gasteiger partial charge in [-0.3, -0.25) is 18.9 Å². The van der Waals surface area contributed by atoms with Crippen molar-refractivity contribution in [2.24, 2.45) is 0 Å². The Morgan fingerprint density at radius 1 is 1.10 bits per heavy atom. The van der Waals surface area contributed by atoms with Gasteiger partial charge in [-0.2, -0.15) is 0 Å². The van der Waals surface area contributed by atoms with E-state index >= 15 is 0 Å². The third kappa shape index (κ3) is 4.07. The van der Waals surface area contributed by atoms with Crippen LogP contribution < -0.4 is 9.64 Å². The first-order valence-electron chi connectivity index (χ1n) is 12.3. The number of hydrogen-bond acceptors (Lipinski definition) is 7. The highest BCUT2D eigenvalue weighted by molar-refractivity contribution is 7.22. The molecule has 194 valence electrons. The van der Waals surface area contributed by atoms with E-state index in [0.29, 0.717) is 40.1 Å². The van der Waals surface area contributed by atoms with Gasteiger partial charge in [0.1, 0.15) is 23.7 Å². The van der Waals surface area contributed by atoms with E-state index in [-0.39, 0.29) is 11.3 Å². The lowest BCUT2D eigenvalue weighted by molar-refractivity contribution is -0.132. The van der Waals surface area contributed by atoms with Crippen molar-refractivity contribution >= 4 is 49.8 Å². The Balaban J connectivity index is 1.59. The number of fused-ring (bicyclic) bond motifs is 2. The number of thiazole rings is 1. The lowest BCUT2D eigenvalue weighted by Crippen LogP contribution is -2.29. The zero-order valence-corrected chi connectivity index (χ0v) is 22.1. The van der Waals surface area contributed by atoms with Gasteiger partial charge >= 0.3 is 5.91 Å². The number of pyridine rings is 1. The summed E-state index contributed by atoms with van der Waals surface area (Å²) in [7, 11) is 0. The normalized spacial score (nSPS) is 16.9. The number of rotatable bonds is 6. The zero-order valence-electron chi connectivity index (χ0n) is 21.3. The Morgan fingerprint density at radius 2 is 1.95 bits per heavy atom. The quantitative estimate of drug-likeness (QED) is 0.128. The largest absolute Gasteiger partial charge is 0.505 e. The molecule has 39 heavy (non-hydrogen) atoms. The molecule has 1 aliphatic rings. The number of ketones is 1. The van der Waals surface area contributed by atoms with Gasteiger partial charge in [0.2, 0.25) is 0 Å². The van der Waals surface area contributed by atoms with Crippen molar-refractivity contribution in [1.82, 2.24) is 14.4 Å². The number of aliphatic hydroxyl groups is 1. The maximum Gasteiger partial charge on any atom is 0.301 e. The molecule has 0 radical (unpaired) electrons. The molecule has 1 amide bonds. The molecule has 1 aliphatic heterocycles. The first kappa shape index (κ1) is 24.6. The molecule has 1 fully saturated rings. The van der Waals surface area contributed by atoms with E-state index in [2.05, 4.69) is 11.6 Å². The second-order valence-electron chi connectivity index (χ2n) is 9.28. The van der Waals surface area contributed by atoms with E-state index in [9.17, 15) is 14.7 Å². The average molecular weight is 537 g/mol. The average Bonchev–Trinajstić information content (AvgIpc) is 3.57. The van der Waals surface area contributed by atoms with Crippen LogP contribution in [-0.4, -0.2) is 37.8 Å². The molecule has 9 heteroatoms. The molecule has 1 N–H and O–H groups in total. The summed E-state index contributed by atoms with van der Waals surface area (Å²) in [6.45, 7) is 7.73. The number of amides is 1. The number of ether oxygens (including phenoxy) is 1. The summed E-state index contributed by atoms with van der Waals surface area (Å²) >= 11 is 1.32. The minimum Gasteiger partial charge on any atom is -0.505 e. The fourth-order valence-corrected chi connectivity index (χ4v) is 6.01. The number of hydrogen-bond donors (Lipinski definition) is 1. The third-order valence-electron chi connectivity index (χ3n) is 6.65. The Hall–Kier alpha value is -4.76. The van der Waals surface area contributed by atoms with Crippen molar-refractivity contribution in [3.05, 3.63) is 108 Å². The molecule has 4 heterocycles. The highest BCUT2D eigenvalue weighted by atomic mass is 32.1. The van der Waals surface area contributed by atoms with E-state index in [1.54, 1.807) is 47.9 Å². The van der Waals surface area contributed by atoms with Gasteiger partial charge in [0.15, 0.2) is 10.9 Å². The minimum absolute atomic E-state index is 0.0370. The molecule has 8 nitrogen and oxygen atoms in total. The van der Waals surface area contributed by atoms with Crippen LogP contribution in [0.3, 0.4) is 0 Å². The first-order chi connectivity index (χ1) is 18.9. The van der Waals surface area contributed by atoms with Crippen molar-refractivity contribution in [2.75, 3.05) is 11.5 Å². The molecule has 2 aromatic carbocycles. The number of carbonyl (C=O) groups is 2. The molecule has 0 bridgehead atoms. The standard InChI is InChI=1S/C30H24N4O4S/c1-4-14-38-20-9-7-8-19(16-20)26-24(27(35)25-18(3)31-23-10-5-6-13-33(23)25)28(36)29(37)34(26)30-32-21-12-11-17(2)15-22(21)39-30/h4-13,15-16,26,35H,1,14H2,2-3H3/b27-24+. The molecule has 3 aromatic heterocycles. The SMILES string of the molecule is C=CCOc1cccc(C2/C(=C(\O)c3c(C)nc4ccccn34)C(=O)C(=O)N2c2nc3ccc(C)cc3s2)c1. The second-order valence-corrected chi connectivity index (χ2v) is 10.3. The number of anilines is 1. The molecule has 0 saturated carbocycles. The number of carbonyl (C=O) groups excluding carboxylic acids is 2. The van der Waals surface area contributed by atoms with Crippen LogP contribution in [0, 0.1) is 13.8 Å². The van der Waals surface area contributed by atoms with Crippen LogP contribution in [0.5, 0.6) is 5.75 Å². The third-order valence-corrected chi connectivity index (χ3v) is 7.67. The lowest BCUT2D eigenvalue weighted by atomic mass is 9.96. The van der Waals surface area contributed by atoms with Gasteiger partial charge in [0.05, 0.1) is 27.5 Å². The van der Waals surface area contributed by atoms with Crippen LogP contribution in [-0.2, 0) is 9.59 Å². The summed E-state index contributed by atoms with van der Waals surface area (Å²) in [6.07, 6.45) is 3.39. The Morgan fingerprint density at radius 3 is 2.77 bits per heavy atom. The summed E-state index contributed by atoms with van der Waals surface area (Å²) in [4.78, 5) is 37.9. The Labute approximate surface area is 228 Å². The summed E-state index contributed by atoms with van der Waals surface area (Å²) in [6, 6.07) is 17.5. The van der Waals surface area contributed by atoms with Gasteiger partial charge in [-0.05, 0) is 61.4 Å². The van der Waals surface area contributed by atoms with E-state index in [1.807, 2.05) is 43.3 Å². The van der Waals surface area contributed by atoms with Crippen molar-refractivity contribution in [1.29, 1.82) is 0 Å². The molecular formula is C30H24N4O4S. The number of imidazole rings is 1. The van der Waals surface area contributed by atoms with Gasteiger partial charge in [-0.15, -0.1) is 0 Å². The predicted octanol–water partition coefficient (Wildman–Crippen LogP) is 5.75. The van der Waals surface area contributed by atoms with E-state index in [0.717, 1.165) is 15.8 Å². The number of aryl methyl sites for hydroxylation is 2. The fraction of sp³-hybridized carbons (Fsp3) is 0.133. The predicted molar refractivity (Wildman–Crippen MR) is 151 cm³/mol. The van der Waals surface area contributed by atoms with Gasteiger partial charge in [0.25, 0.3) is 5.78 Å². The number of nitrogens with zero attached hydrogens (tertiary/aromatic N) is 4. The fourth-order valence-electron chi connectivity index (χ4n) is 4.92. The van der Waals surface area contributed by atoms with Crippen LogP contribution in [0.25, 0.3) is 21.6 Å². The molecule has 0 aliphatic carbocycles. The number of Topliss-reactive ketones (excluding diaryl/α,β-unsaturated/α-hetero) is 1. The van der Waals surface area contributed by atoms with Crippen molar-refractivity contribution < 1.29 is 19.4 Å². The second kappa shape index (κ2) is 9.52. The monoisotopic (exact) mass is 536 g/mol. The molecule has 1 unspecified atom stereocenters. The molecule has 5 aromatic rings. The summed E-state index contributed by atoms with van der Waals surface area (Å²) in [5, 5.41) is 12.1. The van der Waals surface area contributed by atoms with Crippen molar-refractivity contribution in [3.63, 3.8) is 0 Å². The van der Waals surface area contributed by atoms with Crippen LogP contribution in [0.1, 0.15) is 28.6 Å². The van der Waals surface area contributed by atoms with Crippen LogP contribution in [0.4, 0.5) is 5.13 Å². The number of benzene rings is 2. The Kier molecular flexibility index (Phi) is 6.00. The highest BCUT2D eigenvalue weighted by Crippen LogP contribution is 2.45. The Bertz CT molecular complexity index is 1830. The van der Waals surface area contributed by atoms with Gasteiger partial charge in [-0.1, -0.05) is 48.3 Å². The summed E-state index contributed by atoms with van der Waals surface area (Å²) < 4.78 is 8.35. The van der Waals surface area contributed by atoms with E-state index < -0.39 is 17.7 Å². The maximum absolute atomic E-state index is 13.7. The first-order valence-corrected chi connectivity index (χ1v) is 13.1. The molecule has 6 rings (SSSR count). The summed E-state index contributed by atoms with van der Waals surface area (Å²) in [5.41, 5.74) is 3.84. The number of aliphatic hydroxyl groups excluding tert-OH is 1. The van der Waals surface area contributed by atoms with Gasteiger partial charge in [0, 0.05) is 6.20 Å². The minimum atomic E-state index is -0.937. The van der Waals surface area contributed by atoms with E-state index in [4.69, 9.17) is 9.72 Å². The zero-order chi connectivity index (χ0) is 27.3. The molecule has 1 saturated heterocycles. The molecule has 1 atom stereocenters. The number of aromatic nitrogens is 3. The molecular weight excluding hydrogens is 512 g/mol. The van der Waals surface area contributed by atoms with Gasteiger partial charge in [-0.25, -0.2) is 9.97 Å². The maximum atomic E-state index is 13.7. The smallest absolute Gasteiger partial charge is 0.301 e. The molecule has 0 spiro atoms. The lowest BCUT2D eigenvalue weighted by Gasteiger charge is -2.23. The van der Waals surface area contributed by atoms with E-state index in [1.165, 1.54) is 16.2 Å². The van der Waals surface area contributed by atoms with Crippen LogP contribution in [0.2, 0.25) is 0 Å².